The fourth-order valence-electron chi connectivity index (χ4n) is 3.14. The van der Waals surface area contributed by atoms with E-state index in [0.717, 1.165) is 18.3 Å². The Balaban J connectivity index is 2.18. The molecule has 3 heteroatoms. The summed E-state index contributed by atoms with van der Waals surface area (Å²) in [5.41, 5.74) is 2.60. The van der Waals surface area contributed by atoms with Gasteiger partial charge in [-0.25, -0.2) is 0 Å². The number of aryl methyl sites for hydroxylation is 1. The highest BCUT2D eigenvalue weighted by Gasteiger charge is 2.01. The summed E-state index contributed by atoms with van der Waals surface area (Å²) in [6.45, 7) is 8.47. The molecule has 160 valence electrons. The van der Waals surface area contributed by atoms with Gasteiger partial charge in [0.1, 0.15) is 0 Å². The van der Waals surface area contributed by atoms with Crippen LogP contribution in [0.5, 0.6) is 0 Å². The van der Waals surface area contributed by atoms with Gasteiger partial charge in [0.2, 0.25) is 0 Å². The van der Waals surface area contributed by atoms with Crippen LogP contribution in [0, 0.1) is 6.92 Å². The van der Waals surface area contributed by atoms with Crippen molar-refractivity contribution in [3.8, 4) is 0 Å². The van der Waals surface area contributed by atoms with Crippen LogP contribution in [-0.4, -0.2) is 17.5 Å². The first-order valence-corrected chi connectivity index (χ1v) is 12.7. The fraction of sp³-hybridized carbons (Fsp3) is 0.720. The minimum absolute atomic E-state index is 0.778. The van der Waals surface area contributed by atoms with Gasteiger partial charge in [0, 0.05) is 12.3 Å². The van der Waals surface area contributed by atoms with E-state index in [1.54, 1.807) is 0 Å². The van der Waals surface area contributed by atoms with Gasteiger partial charge in [-0.3, -0.25) is 4.99 Å². The molecule has 0 radical (unpaired) electrons. The maximum atomic E-state index is 4.85. The Kier molecular flexibility index (Phi) is 16.2. The summed E-state index contributed by atoms with van der Waals surface area (Å²) in [4.78, 5) is 4.85. The minimum atomic E-state index is 0.778. The number of hydrogen-bond acceptors (Lipinski definition) is 2. The average Bonchev–Trinajstić information content (AvgIpc) is 2.71. The van der Waals surface area contributed by atoms with Crippen LogP contribution in [0.25, 0.3) is 0 Å². The summed E-state index contributed by atoms with van der Waals surface area (Å²) in [7, 11) is 0. The van der Waals surface area contributed by atoms with E-state index in [1.165, 1.54) is 93.9 Å². The molecule has 0 aliphatic rings. The summed E-state index contributed by atoms with van der Waals surface area (Å²) >= 11 is 1.91. The van der Waals surface area contributed by atoms with E-state index in [0.29, 0.717) is 0 Å². The fourth-order valence-corrected chi connectivity index (χ4v) is 4.04. The first-order chi connectivity index (χ1) is 13.8. The summed E-state index contributed by atoms with van der Waals surface area (Å²) in [5, 5.41) is 4.68. The van der Waals surface area contributed by atoms with Crippen LogP contribution in [0.4, 0.5) is 0 Å². The van der Waals surface area contributed by atoms with E-state index in [4.69, 9.17) is 4.99 Å². The predicted octanol–water partition coefficient (Wildman–Crippen LogP) is 7.89. The van der Waals surface area contributed by atoms with Crippen LogP contribution in [0.1, 0.15) is 102 Å². The van der Waals surface area contributed by atoms with Crippen LogP contribution in [0.3, 0.4) is 0 Å². The molecule has 1 rings (SSSR count). The van der Waals surface area contributed by atoms with Crippen LogP contribution < -0.4 is 5.32 Å². The molecule has 0 aliphatic heterocycles. The van der Waals surface area contributed by atoms with Gasteiger partial charge in [0.25, 0.3) is 0 Å². The molecule has 0 bridgehead atoms. The van der Waals surface area contributed by atoms with Gasteiger partial charge >= 0.3 is 0 Å². The van der Waals surface area contributed by atoms with Crippen molar-refractivity contribution in [1.29, 1.82) is 0 Å². The van der Waals surface area contributed by atoms with Crippen molar-refractivity contribution in [1.82, 2.24) is 5.32 Å². The Morgan fingerprint density at radius 3 is 1.96 bits per heavy atom. The Bertz CT molecular complexity index is 496. The molecule has 28 heavy (non-hydrogen) atoms. The summed E-state index contributed by atoms with van der Waals surface area (Å²) in [6, 6.07) is 8.73. The third-order valence-corrected chi connectivity index (χ3v) is 6.11. The van der Waals surface area contributed by atoms with Crippen molar-refractivity contribution in [3.63, 3.8) is 0 Å². The first-order valence-electron chi connectivity index (χ1n) is 11.7. The molecule has 0 unspecified atom stereocenters. The zero-order valence-corrected chi connectivity index (χ0v) is 19.6. The topological polar surface area (TPSA) is 24.4 Å². The van der Waals surface area contributed by atoms with Crippen molar-refractivity contribution >= 4 is 16.9 Å². The van der Waals surface area contributed by atoms with Crippen LogP contribution >= 0.6 is 11.8 Å². The Morgan fingerprint density at radius 2 is 1.36 bits per heavy atom. The zero-order valence-electron chi connectivity index (χ0n) is 18.8. The van der Waals surface area contributed by atoms with Gasteiger partial charge < -0.3 is 5.32 Å². The lowest BCUT2D eigenvalue weighted by Gasteiger charge is -2.10. The standard InChI is InChI=1S/C25H44N2S/c1-4-6-8-9-10-11-12-13-14-15-21-28-25(26-20-7-5-2)27-22-24-18-16-23(3)17-19-24/h16-19H,4-15,20-22H2,1-3H3,(H,26,27). The molecule has 0 atom stereocenters. The van der Waals surface area contributed by atoms with Gasteiger partial charge in [0.15, 0.2) is 5.17 Å². The maximum absolute atomic E-state index is 4.85. The van der Waals surface area contributed by atoms with Gasteiger partial charge in [0.05, 0.1) is 6.54 Å². The van der Waals surface area contributed by atoms with E-state index in [9.17, 15) is 0 Å². The molecular weight excluding hydrogens is 360 g/mol. The second-order valence-corrected chi connectivity index (χ2v) is 9.00. The Labute approximate surface area is 179 Å². The average molecular weight is 405 g/mol. The predicted molar refractivity (Wildman–Crippen MR) is 130 cm³/mol. The molecular formula is C25H44N2S. The molecule has 0 amide bonds. The highest BCUT2D eigenvalue weighted by Crippen LogP contribution is 2.14. The van der Waals surface area contributed by atoms with Gasteiger partial charge in [-0.15, -0.1) is 0 Å². The van der Waals surface area contributed by atoms with E-state index < -0.39 is 0 Å². The normalized spacial score (nSPS) is 11.8. The molecule has 1 N–H and O–H groups in total. The minimum Gasteiger partial charge on any atom is -0.365 e. The van der Waals surface area contributed by atoms with Crippen LogP contribution in [0.2, 0.25) is 0 Å². The summed E-state index contributed by atoms with van der Waals surface area (Å²) in [6.07, 6.45) is 16.4. The van der Waals surface area contributed by atoms with Crippen molar-refractivity contribution in [2.24, 2.45) is 4.99 Å². The lowest BCUT2D eigenvalue weighted by Crippen LogP contribution is -2.22. The number of nitrogens with zero attached hydrogens (tertiary/aromatic N) is 1. The highest BCUT2D eigenvalue weighted by atomic mass is 32.2. The number of thioether (sulfide) groups is 1. The van der Waals surface area contributed by atoms with Crippen LogP contribution in [0.15, 0.2) is 29.3 Å². The quantitative estimate of drug-likeness (QED) is 0.172. The number of amidine groups is 1. The van der Waals surface area contributed by atoms with E-state index in [-0.39, 0.29) is 0 Å². The Morgan fingerprint density at radius 1 is 0.786 bits per heavy atom. The van der Waals surface area contributed by atoms with E-state index in [2.05, 4.69) is 50.4 Å². The van der Waals surface area contributed by atoms with Crippen molar-refractivity contribution in [2.75, 3.05) is 12.3 Å². The lowest BCUT2D eigenvalue weighted by molar-refractivity contribution is 0.563. The first kappa shape index (κ1) is 25.1. The van der Waals surface area contributed by atoms with Crippen molar-refractivity contribution < 1.29 is 0 Å². The molecule has 0 spiro atoms. The van der Waals surface area contributed by atoms with Gasteiger partial charge in [-0.1, -0.05) is 120 Å². The van der Waals surface area contributed by atoms with Crippen LogP contribution in [-0.2, 0) is 6.54 Å². The summed E-state index contributed by atoms with van der Waals surface area (Å²) < 4.78 is 0. The molecule has 1 aromatic carbocycles. The number of unbranched alkanes of at least 4 members (excludes halogenated alkanes) is 10. The molecule has 1 aromatic rings. The Hall–Kier alpha value is -0.960. The molecule has 0 heterocycles. The zero-order chi connectivity index (χ0) is 20.3. The van der Waals surface area contributed by atoms with Crippen molar-refractivity contribution in [2.45, 2.75) is 104 Å². The number of aliphatic imine (C=N–C) groups is 1. The third-order valence-electron chi connectivity index (χ3n) is 5.07. The number of nitrogens with one attached hydrogen (secondary N) is 1. The van der Waals surface area contributed by atoms with E-state index in [1.807, 2.05) is 11.8 Å². The highest BCUT2D eigenvalue weighted by molar-refractivity contribution is 8.13. The lowest BCUT2D eigenvalue weighted by atomic mass is 10.1. The number of rotatable bonds is 16. The second kappa shape index (κ2) is 18.1. The molecule has 0 aromatic heterocycles. The molecule has 2 nitrogen and oxygen atoms in total. The number of hydrogen-bond donors (Lipinski definition) is 1. The second-order valence-electron chi connectivity index (χ2n) is 7.92. The molecule has 0 aliphatic carbocycles. The van der Waals surface area contributed by atoms with E-state index >= 15 is 0 Å². The smallest absolute Gasteiger partial charge is 0.156 e. The molecule has 0 saturated heterocycles. The third kappa shape index (κ3) is 14.1. The number of benzene rings is 1. The van der Waals surface area contributed by atoms with Crippen molar-refractivity contribution in [3.05, 3.63) is 35.4 Å². The SMILES string of the molecule is CCCCCCCCCCCCSC(=NCc1ccc(C)cc1)NCCCC. The van der Waals surface area contributed by atoms with Gasteiger partial charge in [-0.2, -0.15) is 0 Å². The summed E-state index contributed by atoms with van der Waals surface area (Å²) in [5.74, 6) is 1.18. The maximum Gasteiger partial charge on any atom is 0.156 e. The molecule has 0 saturated carbocycles. The largest absolute Gasteiger partial charge is 0.365 e. The van der Waals surface area contributed by atoms with Gasteiger partial charge in [-0.05, 0) is 25.3 Å². The monoisotopic (exact) mass is 404 g/mol. The molecule has 0 fully saturated rings.